The highest BCUT2D eigenvalue weighted by Crippen LogP contribution is 2.23. The molecule has 16 heavy (non-hydrogen) atoms. The molecule has 0 fully saturated rings. The number of benzene rings is 1. The maximum absolute atomic E-state index is 13.2. The predicted molar refractivity (Wildman–Crippen MR) is 64.0 cm³/mol. The quantitative estimate of drug-likeness (QED) is 0.776. The van der Waals surface area contributed by atoms with Crippen molar-refractivity contribution in [2.75, 3.05) is 5.32 Å². The van der Waals surface area contributed by atoms with E-state index in [1.807, 2.05) is 34.6 Å². The third-order valence-electron chi connectivity index (χ3n) is 2.56. The van der Waals surface area contributed by atoms with Crippen molar-refractivity contribution >= 4 is 11.6 Å². The molecule has 2 nitrogen and oxygen atoms in total. The van der Waals surface area contributed by atoms with E-state index < -0.39 is 5.41 Å². The zero-order valence-corrected chi connectivity index (χ0v) is 10.4. The van der Waals surface area contributed by atoms with Gasteiger partial charge < -0.3 is 5.32 Å². The van der Waals surface area contributed by atoms with Gasteiger partial charge in [0.05, 0.1) is 0 Å². The second-order valence-corrected chi connectivity index (χ2v) is 5.10. The van der Waals surface area contributed by atoms with Crippen LogP contribution >= 0.6 is 0 Å². The fraction of sp³-hybridized carbons (Fsp3) is 0.462. The summed E-state index contributed by atoms with van der Waals surface area (Å²) in [6, 6.07) is 2.81. The van der Waals surface area contributed by atoms with E-state index in [0.717, 1.165) is 11.1 Å². The van der Waals surface area contributed by atoms with Crippen LogP contribution in [-0.2, 0) is 4.79 Å². The maximum atomic E-state index is 13.2. The first kappa shape index (κ1) is 12.7. The Bertz CT molecular complexity index is 419. The van der Waals surface area contributed by atoms with Crippen molar-refractivity contribution < 1.29 is 9.18 Å². The van der Waals surface area contributed by atoms with E-state index >= 15 is 0 Å². The zero-order valence-electron chi connectivity index (χ0n) is 10.4. The third kappa shape index (κ3) is 2.81. The first-order chi connectivity index (χ1) is 7.21. The molecule has 88 valence electrons. The van der Waals surface area contributed by atoms with Crippen LogP contribution in [0.1, 0.15) is 31.9 Å². The largest absolute Gasteiger partial charge is 0.325 e. The third-order valence-corrected chi connectivity index (χ3v) is 2.56. The molecule has 3 heteroatoms. The molecule has 0 unspecified atom stereocenters. The number of aryl methyl sites for hydroxylation is 1. The normalized spacial score (nSPS) is 11.4. The van der Waals surface area contributed by atoms with Crippen molar-refractivity contribution in [1.82, 2.24) is 0 Å². The van der Waals surface area contributed by atoms with E-state index in [2.05, 4.69) is 5.32 Å². The summed E-state index contributed by atoms with van der Waals surface area (Å²) in [5.41, 5.74) is 1.81. The molecule has 1 N–H and O–H groups in total. The average molecular weight is 223 g/mol. The fourth-order valence-corrected chi connectivity index (χ4v) is 1.25. The molecule has 0 bridgehead atoms. The van der Waals surface area contributed by atoms with Gasteiger partial charge in [0.2, 0.25) is 5.91 Å². The first-order valence-corrected chi connectivity index (χ1v) is 5.30. The van der Waals surface area contributed by atoms with Crippen LogP contribution in [0, 0.1) is 25.1 Å². The number of amides is 1. The van der Waals surface area contributed by atoms with Gasteiger partial charge in [0.1, 0.15) is 5.82 Å². The number of hydrogen-bond donors (Lipinski definition) is 1. The van der Waals surface area contributed by atoms with Crippen molar-refractivity contribution in [2.45, 2.75) is 34.6 Å². The molecule has 1 aromatic carbocycles. The fourth-order valence-electron chi connectivity index (χ4n) is 1.25. The second kappa shape index (κ2) is 4.24. The molecule has 0 heterocycles. The van der Waals surface area contributed by atoms with Gasteiger partial charge in [0.25, 0.3) is 0 Å². The lowest BCUT2D eigenvalue weighted by atomic mass is 9.95. The number of carbonyl (C=O) groups is 1. The second-order valence-electron chi connectivity index (χ2n) is 5.10. The number of anilines is 1. The Balaban J connectivity index is 3.03. The summed E-state index contributed by atoms with van der Waals surface area (Å²) >= 11 is 0. The number of halogens is 1. The highest BCUT2D eigenvalue weighted by Gasteiger charge is 2.22. The molecular formula is C13H18FNO. The molecule has 1 rings (SSSR count). The number of carbonyl (C=O) groups excluding carboxylic acids is 1. The summed E-state index contributed by atoms with van der Waals surface area (Å²) in [6.45, 7) is 9.16. The molecule has 0 aliphatic carbocycles. The Kier molecular flexibility index (Phi) is 3.36. The number of rotatable bonds is 1. The van der Waals surface area contributed by atoms with E-state index in [4.69, 9.17) is 0 Å². The molecule has 0 saturated heterocycles. The van der Waals surface area contributed by atoms with Crippen LogP contribution in [0.3, 0.4) is 0 Å². The van der Waals surface area contributed by atoms with Crippen LogP contribution < -0.4 is 5.32 Å². The predicted octanol–water partition coefficient (Wildman–Crippen LogP) is 3.43. The Morgan fingerprint density at radius 1 is 1.25 bits per heavy atom. The Labute approximate surface area is 95.9 Å². The molecule has 0 spiro atoms. The summed E-state index contributed by atoms with van der Waals surface area (Å²) in [5.74, 6) is -0.437. The van der Waals surface area contributed by atoms with Gasteiger partial charge in [-0.15, -0.1) is 0 Å². The van der Waals surface area contributed by atoms with Crippen LogP contribution in [0.15, 0.2) is 12.1 Å². The molecule has 0 aliphatic heterocycles. The monoisotopic (exact) mass is 223 g/mol. The molecule has 1 amide bonds. The van der Waals surface area contributed by atoms with E-state index in [1.54, 1.807) is 0 Å². The summed E-state index contributed by atoms with van der Waals surface area (Å²) in [4.78, 5) is 11.8. The van der Waals surface area contributed by atoms with Crippen LogP contribution in [-0.4, -0.2) is 5.91 Å². The van der Waals surface area contributed by atoms with Crippen molar-refractivity contribution in [3.8, 4) is 0 Å². The van der Waals surface area contributed by atoms with Gasteiger partial charge in [-0.05, 0) is 37.1 Å². The molecule has 0 aromatic heterocycles. The van der Waals surface area contributed by atoms with Gasteiger partial charge in [-0.2, -0.15) is 0 Å². The summed E-state index contributed by atoms with van der Waals surface area (Å²) < 4.78 is 13.2. The Morgan fingerprint density at radius 3 is 2.31 bits per heavy atom. The van der Waals surface area contributed by atoms with Crippen LogP contribution in [0.2, 0.25) is 0 Å². The van der Waals surface area contributed by atoms with Crippen molar-refractivity contribution in [3.63, 3.8) is 0 Å². The zero-order chi connectivity index (χ0) is 12.5. The minimum Gasteiger partial charge on any atom is -0.325 e. The highest BCUT2D eigenvalue weighted by molar-refractivity contribution is 5.95. The molecule has 0 aliphatic rings. The minimum absolute atomic E-state index is 0.111. The summed E-state index contributed by atoms with van der Waals surface area (Å²) in [5, 5.41) is 2.75. The maximum Gasteiger partial charge on any atom is 0.229 e. The van der Waals surface area contributed by atoms with Gasteiger partial charge in [-0.3, -0.25) is 4.79 Å². The lowest BCUT2D eigenvalue weighted by Gasteiger charge is -2.19. The molecular weight excluding hydrogens is 205 g/mol. The highest BCUT2D eigenvalue weighted by atomic mass is 19.1. The molecule has 0 radical (unpaired) electrons. The SMILES string of the molecule is Cc1cc(F)cc(NC(=O)C(C)(C)C)c1C. The van der Waals surface area contributed by atoms with Gasteiger partial charge in [-0.1, -0.05) is 20.8 Å². The van der Waals surface area contributed by atoms with Gasteiger partial charge in [-0.25, -0.2) is 4.39 Å². The van der Waals surface area contributed by atoms with E-state index in [9.17, 15) is 9.18 Å². The Hall–Kier alpha value is -1.38. The lowest BCUT2D eigenvalue weighted by Crippen LogP contribution is -2.28. The number of hydrogen-bond acceptors (Lipinski definition) is 1. The minimum atomic E-state index is -0.480. The van der Waals surface area contributed by atoms with Crippen LogP contribution in [0.4, 0.5) is 10.1 Å². The van der Waals surface area contributed by atoms with E-state index in [1.165, 1.54) is 12.1 Å². The average Bonchev–Trinajstić information content (AvgIpc) is 2.11. The van der Waals surface area contributed by atoms with Crippen molar-refractivity contribution in [2.24, 2.45) is 5.41 Å². The molecule has 0 atom stereocenters. The van der Waals surface area contributed by atoms with E-state index in [-0.39, 0.29) is 11.7 Å². The van der Waals surface area contributed by atoms with Gasteiger partial charge in [0, 0.05) is 11.1 Å². The summed E-state index contributed by atoms with van der Waals surface area (Å²) in [6.07, 6.45) is 0. The van der Waals surface area contributed by atoms with Gasteiger partial charge >= 0.3 is 0 Å². The molecule has 0 saturated carbocycles. The lowest BCUT2D eigenvalue weighted by molar-refractivity contribution is -0.123. The van der Waals surface area contributed by atoms with Crippen LogP contribution in [0.5, 0.6) is 0 Å². The van der Waals surface area contributed by atoms with Crippen LogP contribution in [0.25, 0.3) is 0 Å². The first-order valence-electron chi connectivity index (χ1n) is 5.30. The summed E-state index contributed by atoms with van der Waals surface area (Å²) in [7, 11) is 0. The van der Waals surface area contributed by atoms with E-state index in [0.29, 0.717) is 5.69 Å². The van der Waals surface area contributed by atoms with Crippen molar-refractivity contribution in [3.05, 3.63) is 29.1 Å². The topological polar surface area (TPSA) is 29.1 Å². The molecule has 1 aromatic rings. The number of nitrogens with one attached hydrogen (secondary N) is 1. The van der Waals surface area contributed by atoms with Crippen molar-refractivity contribution in [1.29, 1.82) is 0 Å². The standard InChI is InChI=1S/C13H18FNO/c1-8-6-10(14)7-11(9(8)2)15-12(16)13(3,4)5/h6-7H,1-5H3,(H,15,16). The smallest absolute Gasteiger partial charge is 0.229 e. The Morgan fingerprint density at radius 2 is 1.81 bits per heavy atom. The van der Waals surface area contributed by atoms with Gasteiger partial charge in [0.15, 0.2) is 0 Å².